The third-order valence-electron chi connectivity index (χ3n) is 3.33. The topological polar surface area (TPSA) is 42.8 Å². The van der Waals surface area contributed by atoms with Crippen molar-refractivity contribution in [3.8, 4) is 5.75 Å². The number of hydrogen-bond donors (Lipinski definition) is 2. The molecule has 0 spiro atoms. The van der Waals surface area contributed by atoms with Gasteiger partial charge in [0.25, 0.3) is 5.91 Å². The number of ether oxygens (including phenoxy) is 1. The summed E-state index contributed by atoms with van der Waals surface area (Å²) in [4.78, 5) is 13.2. The number of likely N-dealkylation sites (N-methyl/N-ethyl adjacent to an activating group) is 1. The summed E-state index contributed by atoms with van der Waals surface area (Å²) in [7, 11) is 3.61. The smallest absolute Gasteiger partial charge is 0.279 e. The van der Waals surface area contributed by atoms with E-state index in [-0.39, 0.29) is 5.91 Å². The van der Waals surface area contributed by atoms with Crippen molar-refractivity contribution in [2.24, 2.45) is 0 Å². The third kappa shape index (κ3) is 5.23. The minimum atomic E-state index is -0.0665. The molecule has 0 heterocycles. The lowest BCUT2D eigenvalue weighted by atomic mass is 10.2. The van der Waals surface area contributed by atoms with Crippen molar-refractivity contribution in [3.63, 3.8) is 0 Å². The summed E-state index contributed by atoms with van der Waals surface area (Å²) in [5, 5.41) is 3.37. The fourth-order valence-electron chi connectivity index (χ4n) is 2.26. The van der Waals surface area contributed by atoms with Gasteiger partial charge in [-0.15, -0.1) is 0 Å². The van der Waals surface area contributed by atoms with E-state index in [9.17, 15) is 4.79 Å². The number of hydrogen-bond acceptors (Lipinski definition) is 2. The van der Waals surface area contributed by atoms with E-state index in [1.807, 2.05) is 37.4 Å². The lowest BCUT2D eigenvalue weighted by Crippen LogP contribution is -3.08. The number of nitrogens with one attached hydrogen (secondary N) is 2. The lowest BCUT2D eigenvalue weighted by Gasteiger charge is -2.15. The van der Waals surface area contributed by atoms with E-state index in [4.69, 9.17) is 16.3 Å². The molecule has 0 aromatic heterocycles. The Labute approximate surface area is 149 Å². The van der Waals surface area contributed by atoms with Crippen molar-refractivity contribution in [1.82, 2.24) is 0 Å². The van der Waals surface area contributed by atoms with Gasteiger partial charge in [-0.2, -0.15) is 0 Å². The molecule has 1 atom stereocenters. The molecule has 4 nitrogen and oxygen atoms in total. The number of benzene rings is 2. The maximum atomic E-state index is 12.1. The molecular formula is C17H19BrClN2O2+. The summed E-state index contributed by atoms with van der Waals surface area (Å²) in [5.74, 6) is 0.728. The molecule has 0 aliphatic rings. The molecule has 1 amide bonds. The Bertz CT molecular complexity index is 694. The predicted octanol–water partition coefficient (Wildman–Crippen LogP) is 2.76. The second-order valence-corrected chi connectivity index (χ2v) is 6.57. The molecule has 0 saturated heterocycles. The molecule has 0 bridgehead atoms. The number of rotatable bonds is 6. The van der Waals surface area contributed by atoms with Crippen molar-refractivity contribution in [3.05, 3.63) is 57.5 Å². The van der Waals surface area contributed by atoms with Crippen LogP contribution in [0.3, 0.4) is 0 Å². The Hall–Kier alpha value is -1.56. The standard InChI is InChI=1S/C17H18BrClN2O2/c1-21(10-12-7-8-16(23-2)13(18)9-12)11-17(22)20-15-6-4-3-5-14(15)19/h3-9H,10-11H2,1-2H3,(H,20,22)/p+1. The third-order valence-corrected chi connectivity index (χ3v) is 4.28. The maximum absolute atomic E-state index is 12.1. The molecular weight excluding hydrogens is 380 g/mol. The second-order valence-electron chi connectivity index (χ2n) is 5.31. The summed E-state index contributed by atoms with van der Waals surface area (Å²) in [6.07, 6.45) is 0. The van der Waals surface area contributed by atoms with E-state index < -0.39 is 0 Å². The van der Waals surface area contributed by atoms with Crippen LogP contribution >= 0.6 is 27.5 Å². The maximum Gasteiger partial charge on any atom is 0.279 e. The fourth-order valence-corrected chi connectivity index (χ4v) is 3.03. The number of carbonyl (C=O) groups is 1. The van der Waals surface area contributed by atoms with Crippen molar-refractivity contribution < 1.29 is 14.4 Å². The van der Waals surface area contributed by atoms with Gasteiger partial charge in [0.1, 0.15) is 12.3 Å². The van der Waals surface area contributed by atoms with Crippen LogP contribution in [0.4, 0.5) is 5.69 Å². The highest BCUT2D eigenvalue weighted by atomic mass is 79.9. The van der Waals surface area contributed by atoms with Crippen molar-refractivity contribution in [2.75, 3.05) is 26.0 Å². The number of anilines is 1. The van der Waals surface area contributed by atoms with Gasteiger partial charge in [0.2, 0.25) is 0 Å². The van der Waals surface area contributed by atoms with Crippen LogP contribution in [0.25, 0.3) is 0 Å². The van der Waals surface area contributed by atoms with Gasteiger partial charge in [0, 0.05) is 5.56 Å². The molecule has 2 rings (SSSR count). The molecule has 23 heavy (non-hydrogen) atoms. The first kappa shape index (κ1) is 17.8. The van der Waals surface area contributed by atoms with Crippen LogP contribution in [-0.2, 0) is 11.3 Å². The largest absolute Gasteiger partial charge is 0.496 e. The van der Waals surface area contributed by atoms with Gasteiger partial charge in [0.15, 0.2) is 6.54 Å². The predicted molar refractivity (Wildman–Crippen MR) is 96.2 cm³/mol. The van der Waals surface area contributed by atoms with Gasteiger partial charge in [-0.1, -0.05) is 23.7 Å². The molecule has 1 unspecified atom stereocenters. The summed E-state index contributed by atoms with van der Waals surface area (Å²) in [5.41, 5.74) is 1.76. The Morgan fingerprint density at radius 2 is 2.04 bits per heavy atom. The van der Waals surface area contributed by atoms with Crippen LogP contribution in [0.5, 0.6) is 5.75 Å². The van der Waals surface area contributed by atoms with Crippen LogP contribution in [-0.4, -0.2) is 26.6 Å². The van der Waals surface area contributed by atoms with Gasteiger partial charge in [-0.05, 0) is 46.3 Å². The first-order chi connectivity index (χ1) is 11.0. The van der Waals surface area contributed by atoms with Crippen molar-refractivity contribution >= 4 is 39.1 Å². The number of quaternary nitrogens is 1. The van der Waals surface area contributed by atoms with Gasteiger partial charge < -0.3 is 15.0 Å². The average molecular weight is 399 g/mol. The SMILES string of the molecule is COc1ccc(C[NH+](C)CC(=O)Nc2ccccc2Cl)cc1Br. The first-order valence-corrected chi connectivity index (χ1v) is 8.35. The van der Waals surface area contributed by atoms with E-state index in [2.05, 4.69) is 21.2 Å². The van der Waals surface area contributed by atoms with Crippen LogP contribution in [0.1, 0.15) is 5.56 Å². The van der Waals surface area contributed by atoms with E-state index in [1.54, 1.807) is 19.2 Å². The molecule has 0 saturated carbocycles. The van der Waals surface area contributed by atoms with E-state index in [1.165, 1.54) is 0 Å². The normalized spacial score (nSPS) is 11.8. The Balaban J connectivity index is 1.91. The van der Waals surface area contributed by atoms with Crippen LogP contribution in [0, 0.1) is 0 Å². The zero-order valence-corrected chi connectivity index (χ0v) is 15.4. The zero-order chi connectivity index (χ0) is 16.8. The van der Waals surface area contributed by atoms with Crippen molar-refractivity contribution in [2.45, 2.75) is 6.54 Å². The molecule has 2 N–H and O–H groups in total. The monoisotopic (exact) mass is 397 g/mol. The zero-order valence-electron chi connectivity index (χ0n) is 13.0. The van der Waals surface area contributed by atoms with Crippen LogP contribution in [0.2, 0.25) is 5.02 Å². The van der Waals surface area contributed by atoms with Crippen LogP contribution < -0.4 is 15.0 Å². The summed E-state index contributed by atoms with van der Waals surface area (Å²) >= 11 is 9.51. The second kappa shape index (κ2) is 8.34. The van der Waals surface area contributed by atoms with Gasteiger partial charge in [-0.3, -0.25) is 4.79 Å². The minimum absolute atomic E-state index is 0.0665. The molecule has 122 valence electrons. The first-order valence-electron chi connectivity index (χ1n) is 7.17. The number of amides is 1. The Morgan fingerprint density at radius 3 is 2.70 bits per heavy atom. The minimum Gasteiger partial charge on any atom is -0.496 e. The van der Waals surface area contributed by atoms with E-state index >= 15 is 0 Å². The number of para-hydroxylation sites is 1. The molecule has 0 fully saturated rings. The molecule has 6 heteroatoms. The average Bonchev–Trinajstić information content (AvgIpc) is 2.49. The number of methoxy groups -OCH3 is 1. The van der Waals surface area contributed by atoms with Gasteiger partial charge >= 0.3 is 0 Å². The number of carbonyl (C=O) groups excluding carboxylic acids is 1. The molecule has 0 aliphatic carbocycles. The summed E-state index contributed by atoms with van der Waals surface area (Å²) in [6.45, 7) is 1.09. The summed E-state index contributed by atoms with van der Waals surface area (Å²) in [6, 6.07) is 13.1. The number of halogens is 2. The highest BCUT2D eigenvalue weighted by Gasteiger charge is 2.13. The lowest BCUT2D eigenvalue weighted by molar-refractivity contribution is -0.885. The highest BCUT2D eigenvalue weighted by molar-refractivity contribution is 9.10. The van der Waals surface area contributed by atoms with Gasteiger partial charge in [-0.25, -0.2) is 0 Å². The Kier molecular flexibility index (Phi) is 6.45. The fraction of sp³-hybridized carbons (Fsp3) is 0.235. The molecule has 0 radical (unpaired) electrons. The molecule has 2 aromatic rings. The van der Waals surface area contributed by atoms with E-state index in [0.29, 0.717) is 17.3 Å². The molecule has 2 aromatic carbocycles. The highest BCUT2D eigenvalue weighted by Crippen LogP contribution is 2.25. The summed E-state index contributed by atoms with van der Waals surface area (Å²) < 4.78 is 6.12. The molecule has 0 aliphatic heterocycles. The van der Waals surface area contributed by atoms with E-state index in [0.717, 1.165) is 27.2 Å². The van der Waals surface area contributed by atoms with Gasteiger partial charge in [0.05, 0.1) is 29.3 Å². The van der Waals surface area contributed by atoms with Crippen LogP contribution in [0.15, 0.2) is 46.9 Å². The van der Waals surface area contributed by atoms with Crippen molar-refractivity contribution in [1.29, 1.82) is 0 Å². The quantitative estimate of drug-likeness (QED) is 0.786. The Morgan fingerprint density at radius 1 is 1.30 bits per heavy atom.